The summed E-state index contributed by atoms with van der Waals surface area (Å²) in [6.45, 7) is 16.8. The van der Waals surface area contributed by atoms with E-state index in [-0.39, 0.29) is 14.9 Å². The molecular formula is C18H42O2. The smallest absolute Gasteiger partial charge is 0.0516 e. The van der Waals surface area contributed by atoms with Crippen LogP contribution in [0.5, 0.6) is 0 Å². The van der Waals surface area contributed by atoms with Gasteiger partial charge in [0.05, 0.1) is 13.2 Å². The average molecular weight is 291 g/mol. The second kappa shape index (κ2) is 15.3. The number of rotatable bonds is 11. The molecule has 2 nitrogen and oxygen atoms in total. The van der Waals surface area contributed by atoms with Gasteiger partial charge >= 0.3 is 0 Å². The highest BCUT2D eigenvalue weighted by atomic mass is 16.5. The van der Waals surface area contributed by atoms with Crippen LogP contribution in [0.15, 0.2) is 0 Å². The van der Waals surface area contributed by atoms with Gasteiger partial charge in [-0.2, -0.15) is 0 Å². The highest BCUT2D eigenvalue weighted by molar-refractivity contribution is 4.60. The molecule has 2 heteroatoms. The van der Waals surface area contributed by atoms with Crippen molar-refractivity contribution in [2.24, 2.45) is 23.7 Å². The molecule has 0 fully saturated rings. The lowest BCUT2D eigenvalue weighted by molar-refractivity contribution is 0.0188. The van der Waals surface area contributed by atoms with Crippen molar-refractivity contribution in [2.45, 2.75) is 69.2 Å². The molecule has 0 amide bonds. The molecule has 0 aliphatic heterocycles. The van der Waals surface area contributed by atoms with E-state index >= 15 is 0 Å². The molecule has 0 atom stereocenters. The van der Waals surface area contributed by atoms with Crippen LogP contribution in [0.3, 0.4) is 0 Å². The summed E-state index contributed by atoms with van der Waals surface area (Å²) in [5.74, 6) is 2.56. The largest absolute Gasteiger partial charge is 0.381 e. The van der Waals surface area contributed by atoms with E-state index in [0.29, 0.717) is 17.8 Å². The summed E-state index contributed by atoms with van der Waals surface area (Å²) in [6, 6.07) is 0. The zero-order valence-electron chi connectivity index (χ0n) is 13.4. The summed E-state index contributed by atoms with van der Waals surface area (Å²) in [4.78, 5) is 0. The van der Waals surface area contributed by atoms with E-state index in [1.807, 2.05) is 0 Å². The van der Waals surface area contributed by atoms with Crippen molar-refractivity contribution in [1.29, 1.82) is 0 Å². The minimum absolute atomic E-state index is 0. The summed E-state index contributed by atoms with van der Waals surface area (Å²) >= 11 is 0. The van der Waals surface area contributed by atoms with Crippen LogP contribution >= 0.6 is 0 Å². The molecular weight excluding hydrogens is 248 g/mol. The Morgan fingerprint density at radius 2 is 0.950 bits per heavy atom. The fraction of sp³-hybridized carbons (Fsp3) is 1.00. The Morgan fingerprint density at radius 1 is 0.550 bits per heavy atom. The molecule has 0 bridgehead atoms. The number of ether oxygens (including phenoxy) is 2. The van der Waals surface area contributed by atoms with Crippen molar-refractivity contribution in [2.75, 3.05) is 26.4 Å². The van der Waals surface area contributed by atoms with Crippen molar-refractivity contribution in [3.8, 4) is 0 Å². The number of hydrogen-bond acceptors (Lipinski definition) is 2. The van der Waals surface area contributed by atoms with Crippen LogP contribution in [-0.4, -0.2) is 26.4 Å². The number of hydrogen-bond donors (Lipinski definition) is 0. The molecule has 0 spiro atoms. The summed E-state index contributed by atoms with van der Waals surface area (Å²) in [6.07, 6.45) is 2.48. The Balaban J connectivity index is -0.00000144. The maximum Gasteiger partial charge on any atom is 0.0516 e. The molecule has 0 aromatic heterocycles. The van der Waals surface area contributed by atoms with E-state index in [1.165, 1.54) is 12.8 Å². The second-order valence-electron chi connectivity index (χ2n) is 6.70. The summed E-state index contributed by atoms with van der Waals surface area (Å²) < 4.78 is 11.5. The highest BCUT2D eigenvalue weighted by Crippen LogP contribution is 2.14. The van der Waals surface area contributed by atoms with Gasteiger partial charge in [-0.15, -0.1) is 0 Å². The van der Waals surface area contributed by atoms with Crippen LogP contribution in [0.2, 0.25) is 0 Å². The maximum atomic E-state index is 5.77. The van der Waals surface area contributed by atoms with Crippen LogP contribution in [-0.2, 0) is 9.47 Å². The van der Waals surface area contributed by atoms with E-state index in [9.17, 15) is 0 Å². The summed E-state index contributed by atoms with van der Waals surface area (Å²) in [5.41, 5.74) is 0. The van der Waals surface area contributed by atoms with E-state index in [1.54, 1.807) is 0 Å². The first-order chi connectivity index (χ1) is 8.41. The molecule has 0 heterocycles. The van der Waals surface area contributed by atoms with Gasteiger partial charge in [-0.05, 0) is 24.2 Å². The topological polar surface area (TPSA) is 18.5 Å². The fourth-order valence-corrected chi connectivity index (χ4v) is 1.72. The Labute approximate surface area is 129 Å². The Hall–Kier alpha value is -0.0800. The van der Waals surface area contributed by atoms with Gasteiger partial charge < -0.3 is 9.47 Å². The molecule has 0 aromatic rings. The first kappa shape index (κ1) is 24.9. The van der Waals surface area contributed by atoms with Crippen molar-refractivity contribution >= 4 is 0 Å². The minimum atomic E-state index is 0. The summed E-state index contributed by atoms with van der Waals surface area (Å²) in [5, 5.41) is 0. The lowest BCUT2D eigenvalue weighted by atomic mass is 9.99. The monoisotopic (exact) mass is 290 g/mol. The van der Waals surface area contributed by atoms with Gasteiger partial charge in [0.1, 0.15) is 0 Å². The standard InChI is InChI=1S/C16H34O2.2CH4/c1-13(2)7-8-16(11-17-9-14(3)4)12-18-10-15(5)6;;/h13-16H,7-12H2,1-6H3;2*1H4. The van der Waals surface area contributed by atoms with Crippen molar-refractivity contribution in [3.05, 3.63) is 0 Å². The minimum Gasteiger partial charge on any atom is -0.381 e. The molecule has 126 valence electrons. The second-order valence-corrected chi connectivity index (χ2v) is 6.70. The Morgan fingerprint density at radius 3 is 1.25 bits per heavy atom. The predicted octanol–water partition coefficient (Wildman–Crippen LogP) is 5.66. The van der Waals surface area contributed by atoms with Gasteiger partial charge in [-0.25, -0.2) is 0 Å². The van der Waals surface area contributed by atoms with E-state index in [2.05, 4.69) is 41.5 Å². The third kappa shape index (κ3) is 17.9. The van der Waals surface area contributed by atoms with Gasteiger partial charge in [0.2, 0.25) is 0 Å². The van der Waals surface area contributed by atoms with Gasteiger partial charge in [0, 0.05) is 19.1 Å². The van der Waals surface area contributed by atoms with E-state index in [0.717, 1.165) is 32.3 Å². The third-order valence-corrected chi connectivity index (χ3v) is 2.76. The van der Waals surface area contributed by atoms with Crippen molar-refractivity contribution in [1.82, 2.24) is 0 Å². The quantitative estimate of drug-likeness (QED) is 0.489. The highest BCUT2D eigenvalue weighted by Gasteiger charge is 2.11. The third-order valence-electron chi connectivity index (χ3n) is 2.76. The van der Waals surface area contributed by atoms with Crippen LogP contribution in [0, 0.1) is 23.7 Å². The molecule has 0 unspecified atom stereocenters. The van der Waals surface area contributed by atoms with Gasteiger partial charge in [-0.3, -0.25) is 0 Å². The molecule has 0 aliphatic carbocycles. The fourth-order valence-electron chi connectivity index (χ4n) is 1.72. The molecule has 0 saturated carbocycles. The zero-order chi connectivity index (χ0) is 14.0. The average Bonchev–Trinajstić information content (AvgIpc) is 2.24. The predicted molar refractivity (Wildman–Crippen MR) is 92.3 cm³/mol. The van der Waals surface area contributed by atoms with Crippen LogP contribution in [0.1, 0.15) is 69.2 Å². The summed E-state index contributed by atoms with van der Waals surface area (Å²) in [7, 11) is 0. The normalized spacial score (nSPS) is 11.1. The lowest BCUT2D eigenvalue weighted by Gasteiger charge is -2.19. The Bertz CT molecular complexity index is 162. The molecule has 0 aliphatic rings. The van der Waals surface area contributed by atoms with E-state index in [4.69, 9.17) is 9.47 Å². The van der Waals surface area contributed by atoms with Gasteiger partial charge in [-0.1, -0.05) is 62.8 Å². The molecule has 0 rings (SSSR count). The molecule has 0 aromatic carbocycles. The molecule has 0 saturated heterocycles. The van der Waals surface area contributed by atoms with Crippen LogP contribution in [0.25, 0.3) is 0 Å². The van der Waals surface area contributed by atoms with Crippen LogP contribution in [0.4, 0.5) is 0 Å². The zero-order valence-corrected chi connectivity index (χ0v) is 13.4. The van der Waals surface area contributed by atoms with Crippen molar-refractivity contribution < 1.29 is 9.47 Å². The van der Waals surface area contributed by atoms with E-state index < -0.39 is 0 Å². The van der Waals surface area contributed by atoms with Crippen molar-refractivity contribution in [3.63, 3.8) is 0 Å². The van der Waals surface area contributed by atoms with Crippen LogP contribution < -0.4 is 0 Å². The van der Waals surface area contributed by atoms with Gasteiger partial charge in [0.15, 0.2) is 0 Å². The van der Waals surface area contributed by atoms with Gasteiger partial charge in [0.25, 0.3) is 0 Å². The molecule has 20 heavy (non-hydrogen) atoms. The Kier molecular flexibility index (Phi) is 19.1. The molecule has 0 N–H and O–H groups in total. The first-order valence-corrected chi connectivity index (χ1v) is 7.57. The molecule has 0 radical (unpaired) electrons. The first-order valence-electron chi connectivity index (χ1n) is 7.57. The maximum absolute atomic E-state index is 5.77. The SMILES string of the molecule is C.C.CC(C)CCC(COCC(C)C)COCC(C)C. The lowest BCUT2D eigenvalue weighted by Crippen LogP contribution is -2.20.